The van der Waals surface area contributed by atoms with Gasteiger partial charge >= 0.3 is 5.97 Å². The van der Waals surface area contributed by atoms with Gasteiger partial charge in [0.1, 0.15) is 6.04 Å². The lowest BCUT2D eigenvalue weighted by atomic mass is 9.93. The molecule has 4 N–H and O–H groups in total. The molecule has 126 valence electrons. The Bertz CT molecular complexity index is 417. The maximum absolute atomic E-state index is 12.2. The highest BCUT2D eigenvalue weighted by atomic mass is 16.4. The molecule has 0 bridgehead atoms. The largest absolute Gasteiger partial charge is 0.480 e. The lowest BCUT2D eigenvalue weighted by Crippen LogP contribution is -2.51. The van der Waals surface area contributed by atoms with E-state index in [9.17, 15) is 19.5 Å². The molecule has 1 saturated heterocycles. The molecule has 1 fully saturated rings. The zero-order valence-electron chi connectivity index (χ0n) is 13.5. The maximum Gasteiger partial charge on any atom is 0.326 e. The molecule has 2 amide bonds. The summed E-state index contributed by atoms with van der Waals surface area (Å²) in [4.78, 5) is 37.0. The number of carbonyl (C=O) groups excluding carboxylic acids is 2. The van der Waals surface area contributed by atoms with Crippen LogP contribution in [0.3, 0.4) is 0 Å². The number of carboxylic acids is 1. The summed E-state index contributed by atoms with van der Waals surface area (Å²) in [5.41, 5.74) is 5.57. The SMILES string of the molecule is CC[C@H](C)[C@H](NC(=O)C1CCN(C(=O)[C@H](C)N)CC1)C(=O)O. The highest BCUT2D eigenvalue weighted by molar-refractivity contribution is 5.86. The van der Waals surface area contributed by atoms with Crippen molar-refractivity contribution in [3.63, 3.8) is 0 Å². The first-order chi connectivity index (χ1) is 10.3. The first-order valence-electron chi connectivity index (χ1n) is 7.85. The number of aliphatic carboxylic acids is 1. The summed E-state index contributed by atoms with van der Waals surface area (Å²) >= 11 is 0. The van der Waals surface area contributed by atoms with Crippen LogP contribution in [-0.2, 0) is 14.4 Å². The van der Waals surface area contributed by atoms with Crippen LogP contribution in [0.4, 0.5) is 0 Å². The third-order valence-corrected chi connectivity index (χ3v) is 4.34. The molecule has 0 saturated carbocycles. The second-order valence-corrected chi connectivity index (χ2v) is 6.10. The Morgan fingerprint density at radius 1 is 1.27 bits per heavy atom. The molecular formula is C15H27N3O4. The van der Waals surface area contributed by atoms with Crippen LogP contribution >= 0.6 is 0 Å². The molecule has 0 aliphatic carbocycles. The molecule has 0 aromatic rings. The Kier molecular flexibility index (Phi) is 6.80. The number of rotatable bonds is 6. The summed E-state index contributed by atoms with van der Waals surface area (Å²) < 4.78 is 0. The number of carboxylic acid groups (broad SMARTS) is 1. The molecule has 1 aliphatic heterocycles. The first-order valence-corrected chi connectivity index (χ1v) is 7.85. The minimum atomic E-state index is -1.01. The van der Waals surface area contributed by atoms with E-state index in [2.05, 4.69) is 5.32 Å². The van der Waals surface area contributed by atoms with Crippen LogP contribution in [0.25, 0.3) is 0 Å². The summed E-state index contributed by atoms with van der Waals surface area (Å²) in [5.74, 6) is -1.72. The molecule has 1 heterocycles. The van der Waals surface area contributed by atoms with E-state index in [1.54, 1.807) is 11.8 Å². The van der Waals surface area contributed by atoms with Crippen molar-refractivity contribution in [2.75, 3.05) is 13.1 Å². The van der Waals surface area contributed by atoms with E-state index in [0.717, 1.165) is 0 Å². The van der Waals surface area contributed by atoms with Gasteiger partial charge in [-0.05, 0) is 25.7 Å². The number of carbonyl (C=O) groups is 3. The average molecular weight is 313 g/mol. The van der Waals surface area contributed by atoms with Crippen LogP contribution in [0, 0.1) is 11.8 Å². The number of nitrogens with one attached hydrogen (secondary N) is 1. The molecular weight excluding hydrogens is 286 g/mol. The summed E-state index contributed by atoms with van der Waals surface area (Å²) in [6.45, 7) is 6.32. The van der Waals surface area contributed by atoms with Gasteiger partial charge in [0.15, 0.2) is 0 Å². The Hall–Kier alpha value is -1.63. The van der Waals surface area contributed by atoms with Crippen molar-refractivity contribution in [3.8, 4) is 0 Å². The number of amides is 2. The van der Waals surface area contributed by atoms with E-state index in [0.29, 0.717) is 32.4 Å². The standard InChI is InChI=1S/C15H27N3O4/c1-4-9(2)12(15(21)22)17-13(19)11-5-7-18(8-6-11)14(20)10(3)16/h9-12H,4-8,16H2,1-3H3,(H,17,19)(H,21,22)/t9-,10-,12-/m0/s1. The number of piperidine rings is 1. The molecule has 7 nitrogen and oxygen atoms in total. The van der Waals surface area contributed by atoms with Gasteiger partial charge in [-0.25, -0.2) is 4.79 Å². The molecule has 0 spiro atoms. The zero-order chi connectivity index (χ0) is 16.9. The van der Waals surface area contributed by atoms with Crippen LogP contribution in [0.2, 0.25) is 0 Å². The fourth-order valence-electron chi connectivity index (χ4n) is 2.60. The van der Waals surface area contributed by atoms with Gasteiger partial charge in [0.2, 0.25) is 11.8 Å². The second-order valence-electron chi connectivity index (χ2n) is 6.10. The van der Waals surface area contributed by atoms with Crippen LogP contribution in [0.5, 0.6) is 0 Å². The first kappa shape index (κ1) is 18.4. The van der Waals surface area contributed by atoms with Crippen molar-refractivity contribution in [1.29, 1.82) is 0 Å². The van der Waals surface area contributed by atoms with E-state index in [1.807, 2.05) is 13.8 Å². The van der Waals surface area contributed by atoms with Crippen LogP contribution in [0.1, 0.15) is 40.0 Å². The molecule has 1 aliphatic rings. The van der Waals surface area contributed by atoms with E-state index in [-0.39, 0.29) is 23.7 Å². The van der Waals surface area contributed by atoms with Crippen LogP contribution in [0.15, 0.2) is 0 Å². The topological polar surface area (TPSA) is 113 Å². The molecule has 0 aromatic carbocycles. The average Bonchev–Trinajstić information content (AvgIpc) is 2.50. The summed E-state index contributed by atoms with van der Waals surface area (Å²) in [5, 5.41) is 11.9. The Morgan fingerprint density at radius 3 is 2.23 bits per heavy atom. The fourth-order valence-corrected chi connectivity index (χ4v) is 2.60. The number of nitrogens with zero attached hydrogens (tertiary/aromatic N) is 1. The molecule has 1 rings (SSSR count). The van der Waals surface area contributed by atoms with E-state index >= 15 is 0 Å². The number of likely N-dealkylation sites (tertiary alicyclic amines) is 1. The third-order valence-electron chi connectivity index (χ3n) is 4.34. The molecule has 0 radical (unpaired) electrons. The zero-order valence-corrected chi connectivity index (χ0v) is 13.5. The Morgan fingerprint density at radius 2 is 1.82 bits per heavy atom. The van der Waals surface area contributed by atoms with E-state index in [4.69, 9.17) is 5.73 Å². The van der Waals surface area contributed by atoms with Crippen LogP contribution < -0.4 is 11.1 Å². The quantitative estimate of drug-likeness (QED) is 0.648. The van der Waals surface area contributed by atoms with Crippen LogP contribution in [-0.4, -0.2) is 53.0 Å². The highest BCUT2D eigenvalue weighted by Crippen LogP contribution is 2.19. The Balaban J connectivity index is 2.55. The number of hydrogen-bond acceptors (Lipinski definition) is 4. The molecule has 22 heavy (non-hydrogen) atoms. The third kappa shape index (κ3) is 4.69. The number of nitrogens with two attached hydrogens (primary N) is 1. The maximum atomic E-state index is 12.2. The number of hydrogen-bond donors (Lipinski definition) is 3. The summed E-state index contributed by atoms with van der Waals surface area (Å²) in [6, 6.07) is -1.40. The van der Waals surface area contributed by atoms with Gasteiger partial charge < -0.3 is 21.1 Å². The van der Waals surface area contributed by atoms with Gasteiger partial charge in [-0.15, -0.1) is 0 Å². The van der Waals surface area contributed by atoms with Gasteiger partial charge in [-0.3, -0.25) is 9.59 Å². The normalized spacial score (nSPS) is 20.1. The van der Waals surface area contributed by atoms with Crippen molar-refractivity contribution < 1.29 is 19.5 Å². The lowest BCUT2D eigenvalue weighted by molar-refractivity contribution is -0.144. The van der Waals surface area contributed by atoms with E-state index < -0.39 is 18.1 Å². The molecule has 7 heteroatoms. The van der Waals surface area contributed by atoms with Gasteiger partial charge in [-0.1, -0.05) is 20.3 Å². The predicted molar refractivity (Wildman–Crippen MR) is 82.0 cm³/mol. The van der Waals surface area contributed by atoms with Crippen molar-refractivity contribution in [3.05, 3.63) is 0 Å². The Labute approximate surface area is 131 Å². The van der Waals surface area contributed by atoms with Crippen molar-refractivity contribution in [2.45, 2.75) is 52.1 Å². The van der Waals surface area contributed by atoms with Gasteiger partial charge in [-0.2, -0.15) is 0 Å². The molecule has 0 unspecified atom stereocenters. The second kappa shape index (κ2) is 8.12. The summed E-state index contributed by atoms with van der Waals surface area (Å²) in [6.07, 6.45) is 1.76. The minimum Gasteiger partial charge on any atom is -0.480 e. The van der Waals surface area contributed by atoms with Gasteiger partial charge in [0, 0.05) is 19.0 Å². The van der Waals surface area contributed by atoms with E-state index in [1.165, 1.54) is 0 Å². The smallest absolute Gasteiger partial charge is 0.326 e. The monoisotopic (exact) mass is 313 g/mol. The lowest BCUT2D eigenvalue weighted by Gasteiger charge is -2.33. The molecule has 3 atom stereocenters. The van der Waals surface area contributed by atoms with Gasteiger partial charge in [0.05, 0.1) is 6.04 Å². The van der Waals surface area contributed by atoms with Crippen molar-refractivity contribution in [1.82, 2.24) is 10.2 Å². The fraction of sp³-hybridized carbons (Fsp3) is 0.800. The minimum absolute atomic E-state index is 0.109. The predicted octanol–water partition coefficient (Wildman–Crippen LogP) is 0.188. The van der Waals surface area contributed by atoms with Crippen molar-refractivity contribution in [2.24, 2.45) is 17.6 Å². The molecule has 0 aromatic heterocycles. The summed E-state index contributed by atoms with van der Waals surface area (Å²) in [7, 11) is 0. The van der Waals surface area contributed by atoms with Gasteiger partial charge in [0.25, 0.3) is 0 Å². The van der Waals surface area contributed by atoms with Crippen molar-refractivity contribution >= 4 is 17.8 Å². The highest BCUT2D eigenvalue weighted by Gasteiger charge is 2.32.